The maximum atomic E-state index is 9.18. The highest BCUT2D eigenvalue weighted by atomic mass is 79.9. The molecule has 5 nitrogen and oxygen atoms in total. The van der Waals surface area contributed by atoms with Crippen LogP contribution < -0.4 is 9.80 Å². The number of piperidine rings is 1. The Kier molecular flexibility index (Phi) is 4.82. The van der Waals surface area contributed by atoms with Gasteiger partial charge in [0.25, 0.3) is 0 Å². The number of benzene rings is 1. The Hall–Kier alpha value is -2.13. The molecule has 2 heterocycles. The number of hydrogen-bond donors (Lipinski definition) is 0. The molecule has 6 heteroatoms. The van der Waals surface area contributed by atoms with Crippen LogP contribution in [0.15, 0.2) is 34.9 Å². The summed E-state index contributed by atoms with van der Waals surface area (Å²) in [6, 6.07) is 10.7. The Balaban J connectivity index is 1.42. The molecule has 0 N–H and O–H groups in total. The topological polar surface area (TPSA) is 56.1 Å². The summed E-state index contributed by atoms with van der Waals surface area (Å²) in [5.41, 5.74) is 1.82. The summed E-state index contributed by atoms with van der Waals surface area (Å²) >= 11 is 3.51. The molecule has 1 aliphatic heterocycles. The molecular formula is C20H22BrN5. The van der Waals surface area contributed by atoms with Gasteiger partial charge in [-0.3, -0.25) is 0 Å². The third kappa shape index (κ3) is 3.68. The lowest BCUT2D eigenvalue weighted by Gasteiger charge is -2.38. The molecule has 1 saturated carbocycles. The summed E-state index contributed by atoms with van der Waals surface area (Å²) in [5, 5.41) is 9.18. The molecule has 1 aromatic heterocycles. The highest BCUT2D eigenvalue weighted by Crippen LogP contribution is 2.38. The van der Waals surface area contributed by atoms with Gasteiger partial charge in [0.1, 0.15) is 11.6 Å². The average Bonchev–Trinajstić information content (AvgIpc) is 3.52. The Bertz CT molecular complexity index is 834. The fourth-order valence-electron chi connectivity index (χ4n) is 3.62. The lowest BCUT2D eigenvalue weighted by Crippen LogP contribution is -2.44. The van der Waals surface area contributed by atoms with E-state index >= 15 is 0 Å². The Morgan fingerprint density at radius 1 is 1.19 bits per heavy atom. The number of nitrogens with zero attached hydrogens (tertiary/aromatic N) is 5. The van der Waals surface area contributed by atoms with Gasteiger partial charge in [-0.25, -0.2) is 9.97 Å². The van der Waals surface area contributed by atoms with Crippen molar-refractivity contribution in [3.8, 4) is 6.07 Å². The van der Waals surface area contributed by atoms with Crippen molar-refractivity contribution in [2.75, 3.05) is 29.9 Å². The van der Waals surface area contributed by atoms with Crippen molar-refractivity contribution in [3.63, 3.8) is 0 Å². The van der Waals surface area contributed by atoms with E-state index in [0.29, 0.717) is 17.5 Å². The third-order valence-electron chi connectivity index (χ3n) is 5.35. The van der Waals surface area contributed by atoms with Crippen LogP contribution in [-0.4, -0.2) is 36.1 Å². The molecule has 0 atom stereocenters. The first kappa shape index (κ1) is 17.3. The van der Waals surface area contributed by atoms with E-state index in [-0.39, 0.29) is 0 Å². The van der Waals surface area contributed by atoms with Crippen LogP contribution in [0, 0.1) is 11.3 Å². The maximum absolute atomic E-state index is 9.18. The molecule has 1 aliphatic carbocycles. The van der Waals surface area contributed by atoms with Crippen LogP contribution in [0.4, 0.5) is 11.5 Å². The van der Waals surface area contributed by atoms with Crippen LogP contribution in [-0.2, 0) is 0 Å². The summed E-state index contributed by atoms with van der Waals surface area (Å²) in [6.07, 6.45) is 6.50. The molecule has 0 unspecified atom stereocenters. The molecule has 26 heavy (non-hydrogen) atoms. The van der Waals surface area contributed by atoms with Crippen molar-refractivity contribution in [2.24, 2.45) is 0 Å². The van der Waals surface area contributed by atoms with E-state index in [2.05, 4.69) is 49.9 Å². The monoisotopic (exact) mass is 411 g/mol. The lowest BCUT2D eigenvalue weighted by atomic mass is 10.0. The second kappa shape index (κ2) is 7.24. The zero-order valence-corrected chi connectivity index (χ0v) is 16.5. The van der Waals surface area contributed by atoms with Gasteiger partial charge >= 0.3 is 0 Å². The first-order chi connectivity index (χ1) is 12.6. The number of halogens is 1. The lowest BCUT2D eigenvalue weighted by molar-refractivity contribution is 0.479. The van der Waals surface area contributed by atoms with Gasteiger partial charge in [0, 0.05) is 48.5 Å². The Morgan fingerprint density at radius 2 is 1.96 bits per heavy atom. The molecule has 2 fully saturated rings. The van der Waals surface area contributed by atoms with Crippen molar-refractivity contribution >= 4 is 27.4 Å². The highest BCUT2D eigenvalue weighted by Gasteiger charge is 2.28. The molecule has 1 aromatic carbocycles. The third-order valence-corrected chi connectivity index (χ3v) is 5.81. The molecule has 1 saturated heterocycles. The van der Waals surface area contributed by atoms with E-state index in [1.807, 2.05) is 24.4 Å². The van der Waals surface area contributed by atoms with E-state index in [1.165, 1.54) is 12.8 Å². The number of aromatic nitrogens is 2. The zero-order valence-electron chi connectivity index (χ0n) is 14.9. The fourth-order valence-corrected chi connectivity index (χ4v) is 4.10. The molecule has 2 aliphatic rings. The van der Waals surface area contributed by atoms with Gasteiger partial charge in [-0.05, 0) is 49.9 Å². The van der Waals surface area contributed by atoms with E-state index in [0.717, 1.165) is 47.7 Å². The molecular weight excluding hydrogens is 390 g/mol. The molecule has 0 spiro atoms. The van der Waals surface area contributed by atoms with E-state index in [4.69, 9.17) is 4.98 Å². The van der Waals surface area contributed by atoms with Crippen LogP contribution in [0.3, 0.4) is 0 Å². The van der Waals surface area contributed by atoms with Gasteiger partial charge in [0.15, 0.2) is 0 Å². The van der Waals surface area contributed by atoms with Crippen LogP contribution in [0.5, 0.6) is 0 Å². The number of rotatable bonds is 4. The predicted octanol–water partition coefficient (Wildman–Crippen LogP) is 4.09. The summed E-state index contributed by atoms with van der Waals surface area (Å²) in [7, 11) is 2.15. The Morgan fingerprint density at radius 3 is 2.65 bits per heavy atom. The van der Waals surface area contributed by atoms with Crippen molar-refractivity contribution in [1.82, 2.24) is 9.97 Å². The second-order valence-electron chi connectivity index (χ2n) is 7.19. The standard InChI is InChI=1S/C20H22BrN5/c1-25(19-4-7-23-20(24-19)15-2-3-15)17-5-8-26(9-6-17)18-11-14(13-22)10-16(21)12-18/h4,7,10-12,15,17H,2-3,5-6,8-9H2,1H3. The molecule has 2 aromatic rings. The molecule has 4 rings (SSSR count). The van der Waals surface area contributed by atoms with Gasteiger partial charge in [-0.1, -0.05) is 15.9 Å². The SMILES string of the molecule is CN(c1ccnc(C2CC2)n1)C1CCN(c2cc(Br)cc(C#N)c2)CC1. The predicted molar refractivity (Wildman–Crippen MR) is 107 cm³/mol. The normalized spacial score (nSPS) is 17.8. The van der Waals surface area contributed by atoms with Crippen molar-refractivity contribution in [1.29, 1.82) is 5.26 Å². The zero-order chi connectivity index (χ0) is 18.1. The molecule has 134 valence electrons. The number of hydrogen-bond acceptors (Lipinski definition) is 5. The summed E-state index contributed by atoms with van der Waals surface area (Å²) in [5.74, 6) is 2.62. The Labute approximate surface area is 162 Å². The van der Waals surface area contributed by atoms with Gasteiger partial charge in [-0.2, -0.15) is 5.26 Å². The summed E-state index contributed by atoms with van der Waals surface area (Å²) < 4.78 is 0.958. The van der Waals surface area contributed by atoms with Crippen molar-refractivity contribution < 1.29 is 0 Å². The molecule has 0 bridgehead atoms. The van der Waals surface area contributed by atoms with Crippen LogP contribution in [0.25, 0.3) is 0 Å². The van der Waals surface area contributed by atoms with E-state index < -0.39 is 0 Å². The minimum Gasteiger partial charge on any atom is -0.371 e. The quantitative estimate of drug-likeness (QED) is 0.757. The average molecular weight is 412 g/mol. The van der Waals surface area contributed by atoms with Crippen LogP contribution >= 0.6 is 15.9 Å². The minimum atomic E-state index is 0.482. The van der Waals surface area contributed by atoms with Crippen molar-refractivity contribution in [3.05, 3.63) is 46.3 Å². The van der Waals surface area contributed by atoms with Gasteiger partial charge in [-0.15, -0.1) is 0 Å². The van der Waals surface area contributed by atoms with Crippen LogP contribution in [0.2, 0.25) is 0 Å². The smallest absolute Gasteiger partial charge is 0.133 e. The molecule has 0 radical (unpaired) electrons. The highest BCUT2D eigenvalue weighted by molar-refractivity contribution is 9.10. The first-order valence-corrected chi connectivity index (χ1v) is 9.95. The first-order valence-electron chi connectivity index (χ1n) is 9.15. The van der Waals surface area contributed by atoms with Crippen LogP contribution in [0.1, 0.15) is 43.0 Å². The fraction of sp³-hybridized carbons (Fsp3) is 0.450. The maximum Gasteiger partial charge on any atom is 0.133 e. The largest absolute Gasteiger partial charge is 0.371 e. The second-order valence-corrected chi connectivity index (χ2v) is 8.10. The van der Waals surface area contributed by atoms with Gasteiger partial charge in [0.05, 0.1) is 11.6 Å². The van der Waals surface area contributed by atoms with Crippen molar-refractivity contribution in [2.45, 2.75) is 37.6 Å². The number of nitriles is 1. The van der Waals surface area contributed by atoms with Gasteiger partial charge < -0.3 is 9.80 Å². The van der Waals surface area contributed by atoms with Gasteiger partial charge in [0.2, 0.25) is 0 Å². The summed E-state index contributed by atoms with van der Waals surface area (Å²) in [4.78, 5) is 13.9. The summed E-state index contributed by atoms with van der Waals surface area (Å²) in [6.45, 7) is 1.97. The minimum absolute atomic E-state index is 0.482. The van der Waals surface area contributed by atoms with E-state index in [9.17, 15) is 5.26 Å². The number of anilines is 2. The van der Waals surface area contributed by atoms with E-state index in [1.54, 1.807) is 0 Å². The molecule has 0 amide bonds.